The van der Waals surface area contributed by atoms with Gasteiger partial charge >= 0.3 is 0 Å². The van der Waals surface area contributed by atoms with Crippen LogP contribution in [-0.2, 0) is 0 Å². The largest absolute Gasteiger partial charge is 0.371 e. The maximum Gasteiger partial charge on any atom is 0.270 e. The van der Waals surface area contributed by atoms with Crippen LogP contribution in [0.4, 0.5) is 17.1 Å². The lowest BCUT2D eigenvalue weighted by Gasteiger charge is -2.20. The highest BCUT2D eigenvalue weighted by Crippen LogP contribution is 2.28. The Hall–Kier alpha value is -2.60. The molecule has 25 heavy (non-hydrogen) atoms. The third kappa shape index (κ3) is 3.74. The van der Waals surface area contributed by atoms with Crippen LogP contribution in [-0.4, -0.2) is 23.9 Å². The van der Waals surface area contributed by atoms with E-state index >= 15 is 0 Å². The van der Waals surface area contributed by atoms with Gasteiger partial charge in [-0.05, 0) is 49.6 Å². The highest BCUT2D eigenvalue weighted by Gasteiger charge is 2.17. The molecule has 1 amide bonds. The topological polar surface area (TPSA) is 75.5 Å². The van der Waals surface area contributed by atoms with Gasteiger partial charge in [0.1, 0.15) is 0 Å². The van der Waals surface area contributed by atoms with Crippen LogP contribution in [0.1, 0.15) is 28.8 Å². The number of benzene rings is 2. The van der Waals surface area contributed by atoms with Crippen LogP contribution in [0.2, 0.25) is 5.02 Å². The monoisotopic (exact) mass is 359 g/mol. The zero-order valence-electron chi connectivity index (χ0n) is 13.8. The quantitative estimate of drug-likeness (QED) is 0.648. The summed E-state index contributed by atoms with van der Waals surface area (Å²) in [5.41, 5.74) is 2.79. The fraction of sp³-hybridized carbons (Fsp3) is 0.278. The van der Waals surface area contributed by atoms with E-state index in [1.54, 1.807) is 0 Å². The van der Waals surface area contributed by atoms with Gasteiger partial charge in [-0.2, -0.15) is 0 Å². The average molecular weight is 360 g/mol. The molecule has 0 aromatic heterocycles. The standard InChI is InChI=1S/C18H18ClN3O3/c1-12-10-13(4-7-17(12)21-8-2-3-9-21)20-18(23)15-11-14(22(24)25)5-6-16(15)19/h4-7,10-11H,2-3,8-9H2,1H3,(H,20,23). The van der Waals surface area contributed by atoms with E-state index in [1.807, 2.05) is 25.1 Å². The van der Waals surface area contributed by atoms with Crippen molar-refractivity contribution in [2.75, 3.05) is 23.3 Å². The summed E-state index contributed by atoms with van der Waals surface area (Å²) < 4.78 is 0. The highest BCUT2D eigenvalue weighted by atomic mass is 35.5. The van der Waals surface area contributed by atoms with Gasteiger partial charge in [-0.25, -0.2) is 0 Å². The number of nitro benzene ring substituents is 1. The molecule has 0 bridgehead atoms. The number of anilines is 2. The SMILES string of the molecule is Cc1cc(NC(=O)c2cc([N+](=O)[O-])ccc2Cl)ccc1N1CCCC1. The molecule has 2 aromatic carbocycles. The van der Waals surface area contributed by atoms with Gasteiger partial charge in [0.15, 0.2) is 0 Å². The summed E-state index contributed by atoms with van der Waals surface area (Å²) >= 11 is 6.01. The molecular formula is C18H18ClN3O3. The average Bonchev–Trinajstić information content (AvgIpc) is 3.09. The summed E-state index contributed by atoms with van der Waals surface area (Å²) in [5.74, 6) is -0.470. The second-order valence-corrected chi connectivity index (χ2v) is 6.48. The molecule has 0 unspecified atom stereocenters. The van der Waals surface area contributed by atoms with E-state index in [9.17, 15) is 14.9 Å². The third-order valence-corrected chi connectivity index (χ3v) is 4.64. The van der Waals surface area contributed by atoms with Gasteiger partial charge in [0, 0.05) is 36.6 Å². The van der Waals surface area contributed by atoms with Crippen molar-refractivity contribution in [2.45, 2.75) is 19.8 Å². The molecule has 0 spiro atoms. The van der Waals surface area contributed by atoms with Crippen LogP contribution in [0.5, 0.6) is 0 Å². The number of rotatable bonds is 4. The first-order valence-electron chi connectivity index (χ1n) is 8.06. The van der Waals surface area contributed by atoms with Crippen molar-refractivity contribution >= 4 is 34.6 Å². The van der Waals surface area contributed by atoms with Crippen molar-refractivity contribution < 1.29 is 9.72 Å². The normalized spacial score (nSPS) is 13.8. The lowest BCUT2D eigenvalue weighted by atomic mass is 10.1. The molecule has 1 aliphatic rings. The number of amides is 1. The fourth-order valence-electron chi connectivity index (χ4n) is 3.05. The number of carbonyl (C=O) groups is 1. The summed E-state index contributed by atoms with van der Waals surface area (Å²) in [6, 6.07) is 9.54. The predicted molar refractivity (Wildman–Crippen MR) is 98.7 cm³/mol. The van der Waals surface area contributed by atoms with E-state index < -0.39 is 10.8 Å². The first-order chi connectivity index (χ1) is 12.0. The third-order valence-electron chi connectivity index (χ3n) is 4.31. The molecular weight excluding hydrogens is 342 g/mol. The van der Waals surface area contributed by atoms with Crippen LogP contribution in [0.25, 0.3) is 0 Å². The lowest BCUT2D eigenvalue weighted by molar-refractivity contribution is -0.384. The molecule has 0 aliphatic carbocycles. The Bertz CT molecular complexity index is 832. The highest BCUT2D eigenvalue weighted by molar-refractivity contribution is 6.34. The second kappa shape index (κ2) is 7.11. The second-order valence-electron chi connectivity index (χ2n) is 6.07. The number of halogens is 1. The van der Waals surface area contributed by atoms with Gasteiger partial charge in [-0.3, -0.25) is 14.9 Å². The van der Waals surface area contributed by atoms with Gasteiger partial charge < -0.3 is 10.2 Å². The van der Waals surface area contributed by atoms with E-state index in [2.05, 4.69) is 10.2 Å². The number of nitrogens with one attached hydrogen (secondary N) is 1. The summed E-state index contributed by atoms with van der Waals surface area (Å²) in [6.07, 6.45) is 2.40. The molecule has 1 fully saturated rings. The van der Waals surface area contributed by atoms with Crippen molar-refractivity contribution in [3.05, 3.63) is 62.7 Å². The van der Waals surface area contributed by atoms with Gasteiger partial charge in [0.05, 0.1) is 15.5 Å². The Kier molecular flexibility index (Phi) is 4.90. The molecule has 1 heterocycles. The van der Waals surface area contributed by atoms with Crippen LogP contribution in [0.3, 0.4) is 0 Å². The van der Waals surface area contributed by atoms with Crippen molar-refractivity contribution in [3.63, 3.8) is 0 Å². The van der Waals surface area contributed by atoms with E-state index in [-0.39, 0.29) is 16.3 Å². The molecule has 7 heteroatoms. The Labute approximate surface area is 150 Å². The van der Waals surface area contributed by atoms with E-state index in [1.165, 1.54) is 36.7 Å². The molecule has 130 valence electrons. The number of aryl methyl sites for hydroxylation is 1. The predicted octanol–water partition coefficient (Wildman–Crippen LogP) is 4.41. The lowest BCUT2D eigenvalue weighted by Crippen LogP contribution is -2.19. The van der Waals surface area contributed by atoms with Crippen molar-refractivity contribution in [3.8, 4) is 0 Å². The summed E-state index contributed by atoms with van der Waals surface area (Å²) in [7, 11) is 0. The van der Waals surface area contributed by atoms with Gasteiger partial charge in [-0.15, -0.1) is 0 Å². The molecule has 0 radical (unpaired) electrons. The van der Waals surface area contributed by atoms with Gasteiger partial charge in [-0.1, -0.05) is 11.6 Å². The molecule has 1 aliphatic heterocycles. The number of non-ortho nitro benzene ring substituents is 1. The molecule has 6 nitrogen and oxygen atoms in total. The van der Waals surface area contributed by atoms with Crippen molar-refractivity contribution in [1.82, 2.24) is 0 Å². The van der Waals surface area contributed by atoms with Crippen LogP contribution < -0.4 is 10.2 Å². The molecule has 1 saturated heterocycles. The van der Waals surface area contributed by atoms with Crippen LogP contribution >= 0.6 is 11.6 Å². The first-order valence-corrected chi connectivity index (χ1v) is 8.44. The van der Waals surface area contributed by atoms with E-state index in [4.69, 9.17) is 11.6 Å². The summed E-state index contributed by atoms with van der Waals surface area (Å²) in [5, 5.41) is 13.8. The Morgan fingerprint density at radius 2 is 1.92 bits per heavy atom. The van der Waals surface area contributed by atoms with Crippen LogP contribution in [0, 0.1) is 17.0 Å². The zero-order valence-corrected chi connectivity index (χ0v) is 14.5. The molecule has 3 rings (SSSR count). The Morgan fingerprint density at radius 1 is 1.20 bits per heavy atom. The number of nitro groups is 1. The number of carbonyl (C=O) groups excluding carboxylic acids is 1. The summed E-state index contributed by atoms with van der Waals surface area (Å²) in [4.78, 5) is 25.1. The number of nitrogens with zero attached hydrogens (tertiary/aromatic N) is 2. The molecule has 0 atom stereocenters. The minimum absolute atomic E-state index is 0.0807. The molecule has 0 saturated carbocycles. The maximum atomic E-state index is 12.4. The molecule has 1 N–H and O–H groups in total. The Morgan fingerprint density at radius 3 is 2.56 bits per heavy atom. The first kappa shape index (κ1) is 17.2. The molecule has 2 aromatic rings. The fourth-order valence-corrected chi connectivity index (χ4v) is 3.25. The minimum Gasteiger partial charge on any atom is -0.371 e. The smallest absolute Gasteiger partial charge is 0.270 e. The van der Waals surface area contributed by atoms with Gasteiger partial charge in [0.25, 0.3) is 11.6 Å². The Balaban J connectivity index is 1.80. The van der Waals surface area contributed by atoms with Crippen molar-refractivity contribution in [2.24, 2.45) is 0 Å². The van der Waals surface area contributed by atoms with Gasteiger partial charge in [0.2, 0.25) is 0 Å². The number of hydrogen-bond donors (Lipinski definition) is 1. The maximum absolute atomic E-state index is 12.4. The zero-order chi connectivity index (χ0) is 18.0. The minimum atomic E-state index is -0.553. The van der Waals surface area contributed by atoms with E-state index in [0.29, 0.717) is 5.69 Å². The summed E-state index contributed by atoms with van der Waals surface area (Å²) in [6.45, 7) is 4.11. The van der Waals surface area contributed by atoms with Crippen molar-refractivity contribution in [1.29, 1.82) is 0 Å². The van der Waals surface area contributed by atoms with Crippen LogP contribution in [0.15, 0.2) is 36.4 Å². The number of hydrogen-bond acceptors (Lipinski definition) is 4. The van der Waals surface area contributed by atoms with E-state index in [0.717, 1.165) is 18.7 Å².